The Morgan fingerprint density at radius 3 is 1.75 bits per heavy atom. The predicted molar refractivity (Wildman–Crippen MR) is 122 cm³/mol. The first kappa shape index (κ1) is 22.6. The third-order valence-electron chi connectivity index (χ3n) is 6.76. The van der Waals surface area contributed by atoms with Crippen LogP contribution in [0.1, 0.15) is 63.0 Å². The van der Waals surface area contributed by atoms with Crippen LogP contribution in [0.25, 0.3) is 22.3 Å². The van der Waals surface area contributed by atoms with Gasteiger partial charge in [-0.1, -0.05) is 81.6 Å². The molecular formula is C28H28F4. The molecule has 0 aliphatic heterocycles. The first-order valence-electron chi connectivity index (χ1n) is 11.5. The minimum atomic E-state index is -0.882. The lowest BCUT2D eigenvalue weighted by atomic mass is 9.79. The van der Waals surface area contributed by atoms with E-state index in [0.717, 1.165) is 32.1 Å². The fourth-order valence-electron chi connectivity index (χ4n) is 4.78. The first-order chi connectivity index (χ1) is 15.4. The van der Waals surface area contributed by atoms with E-state index in [1.807, 2.05) is 6.92 Å². The Bertz CT molecular complexity index is 1090. The van der Waals surface area contributed by atoms with Crippen LogP contribution in [-0.2, 0) is 6.42 Å². The maximum Gasteiger partial charge on any atom is 0.166 e. The molecule has 0 bridgehead atoms. The van der Waals surface area contributed by atoms with Gasteiger partial charge in [0.15, 0.2) is 23.3 Å². The van der Waals surface area contributed by atoms with Crippen molar-refractivity contribution in [2.45, 2.75) is 58.3 Å². The summed E-state index contributed by atoms with van der Waals surface area (Å²) in [6.07, 6.45) is 5.03. The monoisotopic (exact) mass is 440 g/mol. The molecule has 0 saturated heterocycles. The average Bonchev–Trinajstić information content (AvgIpc) is 2.80. The van der Waals surface area contributed by atoms with Crippen LogP contribution in [0, 0.1) is 29.2 Å². The lowest BCUT2D eigenvalue weighted by Crippen LogP contribution is -2.13. The molecule has 3 aromatic carbocycles. The molecule has 0 spiro atoms. The van der Waals surface area contributed by atoms with Gasteiger partial charge in [0.05, 0.1) is 0 Å². The molecule has 0 amide bonds. The molecule has 1 aliphatic rings. The normalized spacial score (nSPS) is 18.7. The summed E-state index contributed by atoms with van der Waals surface area (Å²) in [5.41, 5.74) is 2.13. The van der Waals surface area contributed by atoms with Gasteiger partial charge in [0.25, 0.3) is 0 Å². The minimum absolute atomic E-state index is 0.0608. The van der Waals surface area contributed by atoms with Crippen LogP contribution in [0.5, 0.6) is 0 Å². The van der Waals surface area contributed by atoms with Crippen molar-refractivity contribution in [3.05, 3.63) is 82.9 Å². The fourth-order valence-corrected chi connectivity index (χ4v) is 4.78. The third-order valence-corrected chi connectivity index (χ3v) is 6.76. The Kier molecular flexibility index (Phi) is 6.68. The molecule has 0 atom stereocenters. The van der Waals surface area contributed by atoms with Gasteiger partial charge in [0, 0.05) is 11.1 Å². The number of aryl methyl sites for hydroxylation is 1. The van der Waals surface area contributed by atoms with E-state index in [4.69, 9.17) is 0 Å². The minimum Gasteiger partial charge on any atom is -0.203 e. The van der Waals surface area contributed by atoms with E-state index in [0.29, 0.717) is 34.6 Å². The number of hydrogen-bond acceptors (Lipinski definition) is 0. The molecule has 32 heavy (non-hydrogen) atoms. The van der Waals surface area contributed by atoms with Crippen molar-refractivity contribution in [1.82, 2.24) is 0 Å². The molecule has 3 aromatic rings. The van der Waals surface area contributed by atoms with Gasteiger partial charge >= 0.3 is 0 Å². The van der Waals surface area contributed by atoms with E-state index in [2.05, 4.69) is 6.92 Å². The molecule has 0 aromatic heterocycles. The Labute approximate surface area is 187 Å². The van der Waals surface area contributed by atoms with Crippen molar-refractivity contribution in [3.8, 4) is 22.3 Å². The quantitative estimate of drug-likeness (QED) is 0.348. The molecule has 1 aliphatic carbocycles. The molecule has 168 valence electrons. The summed E-state index contributed by atoms with van der Waals surface area (Å²) in [7, 11) is 0. The van der Waals surface area contributed by atoms with Crippen LogP contribution in [0.2, 0.25) is 0 Å². The van der Waals surface area contributed by atoms with Crippen LogP contribution in [0.4, 0.5) is 17.6 Å². The van der Waals surface area contributed by atoms with Crippen LogP contribution >= 0.6 is 0 Å². The van der Waals surface area contributed by atoms with Gasteiger partial charge in [-0.2, -0.15) is 0 Å². The molecule has 4 heteroatoms. The number of hydrogen-bond donors (Lipinski definition) is 0. The predicted octanol–water partition coefficient (Wildman–Crippen LogP) is 8.82. The van der Waals surface area contributed by atoms with E-state index < -0.39 is 23.3 Å². The van der Waals surface area contributed by atoms with Gasteiger partial charge in [0.1, 0.15) is 0 Å². The van der Waals surface area contributed by atoms with Crippen molar-refractivity contribution >= 4 is 0 Å². The maximum atomic E-state index is 15.0. The Morgan fingerprint density at radius 1 is 0.656 bits per heavy atom. The molecule has 0 heterocycles. The second-order valence-electron chi connectivity index (χ2n) is 9.01. The van der Waals surface area contributed by atoms with Crippen LogP contribution in [0.3, 0.4) is 0 Å². The second-order valence-corrected chi connectivity index (χ2v) is 9.01. The van der Waals surface area contributed by atoms with Gasteiger partial charge < -0.3 is 0 Å². The fraction of sp³-hybridized carbons (Fsp3) is 0.357. The summed E-state index contributed by atoms with van der Waals surface area (Å²) in [5, 5.41) is 0. The van der Waals surface area contributed by atoms with Crippen LogP contribution in [0.15, 0.2) is 48.5 Å². The van der Waals surface area contributed by atoms with Crippen molar-refractivity contribution in [2.24, 2.45) is 5.92 Å². The zero-order valence-corrected chi connectivity index (χ0v) is 18.5. The molecule has 0 N–H and O–H groups in total. The summed E-state index contributed by atoms with van der Waals surface area (Å²) in [4.78, 5) is 0. The van der Waals surface area contributed by atoms with Crippen LogP contribution in [-0.4, -0.2) is 0 Å². The zero-order chi connectivity index (χ0) is 22.8. The van der Waals surface area contributed by atoms with Gasteiger partial charge in [0.2, 0.25) is 0 Å². The molecule has 4 rings (SSSR count). The van der Waals surface area contributed by atoms with E-state index in [1.165, 1.54) is 0 Å². The summed E-state index contributed by atoms with van der Waals surface area (Å²) < 4.78 is 58.8. The topological polar surface area (TPSA) is 0 Å². The van der Waals surface area contributed by atoms with Crippen molar-refractivity contribution in [1.29, 1.82) is 0 Å². The lowest BCUT2D eigenvalue weighted by molar-refractivity contribution is 0.339. The van der Waals surface area contributed by atoms with E-state index in [-0.39, 0.29) is 17.0 Å². The molecule has 0 radical (unpaired) electrons. The van der Waals surface area contributed by atoms with E-state index in [9.17, 15) is 17.6 Å². The SMILES string of the molecule is CCCc1ccc(-c2ccc(-c3ccc(C4CCC(C)CC4)c(F)c3F)cc2)c(F)c1F. The second kappa shape index (κ2) is 9.48. The standard InChI is InChI=1S/C28H28F4/c1-3-4-21-13-14-22(26(30)25(21)29)19-9-11-20(12-10-19)24-16-15-23(27(31)28(24)32)18-7-5-17(2)6-8-18/h9-18H,3-8H2,1-2H3. The largest absolute Gasteiger partial charge is 0.203 e. The highest BCUT2D eigenvalue weighted by atomic mass is 19.2. The Balaban J connectivity index is 1.61. The van der Waals surface area contributed by atoms with Crippen molar-refractivity contribution in [3.63, 3.8) is 0 Å². The summed E-state index contributed by atoms with van der Waals surface area (Å²) in [6.45, 7) is 4.10. The molecule has 0 unspecified atom stereocenters. The van der Waals surface area contributed by atoms with E-state index >= 15 is 0 Å². The summed E-state index contributed by atoms with van der Waals surface area (Å²) >= 11 is 0. The molecule has 1 fully saturated rings. The highest BCUT2D eigenvalue weighted by Crippen LogP contribution is 2.39. The molecule has 1 saturated carbocycles. The third kappa shape index (κ3) is 4.32. The summed E-state index contributed by atoms with van der Waals surface area (Å²) in [6, 6.07) is 13.0. The lowest BCUT2D eigenvalue weighted by Gasteiger charge is -2.27. The molecule has 0 nitrogen and oxygen atoms in total. The smallest absolute Gasteiger partial charge is 0.166 e. The van der Waals surface area contributed by atoms with Crippen molar-refractivity contribution < 1.29 is 17.6 Å². The Hall–Kier alpha value is -2.62. The maximum absolute atomic E-state index is 15.0. The number of benzene rings is 3. The van der Waals surface area contributed by atoms with Gasteiger partial charge in [-0.3, -0.25) is 0 Å². The number of halogens is 4. The highest BCUT2D eigenvalue weighted by molar-refractivity contribution is 5.71. The van der Waals surface area contributed by atoms with Gasteiger partial charge in [-0.25, -0.2) is 17.6 Å². The summed E-state index contributed by atoms with van der Waals surface area (Å²) in [5.74, 6) is -2.63. The van der Waals surface area contributed by atoms with E-state index in [1.54, 1.807) is 48.5 Å². The van der Waals surface area contributed by atoms with Crippen molar-refractivity contribution in [2.75, 3.05) is 0 Å². The molecular weight excluding hydrogens is 412 g/mol. The van der Waals surface area contributed by atoms with Crippen LogP contribution < -0.4 is 0 Å². The van der Waals surface area contributed by atoms with Gasteiger partial charge in [-0.05, 0) is 53.4 Å². The highest BCUT2D eigenvalue weighted by Gasteiger charge is 2.25. The average molecular weight is 441 g/mol. The zero-order valence-electron chi connectivity index (χ0n) is 18.5. The first-order valence-corrected chi connectivity index (χ1v) is 11.5. The Morgan fingerprint density at radius 2 is 1.19 bits per heavy atom. The number of rotatable bonds is 5. The van der Waals surface area contributed by atoms with Gasteiger partial charge in [-0.15, -0.1) is 0 Å².